The molecule has 0 fully saturated rings. The lowest BCUT2D eigenvalue weighted by atomic mass is 9.87. The van der Waals surface area contributed by atoms with E-state index in [2.05, 4.69) is 20.4 Å². The Morgan fingerprint density at radius 2 is 1.84 bits per heavy atom. The smallest absolute Gasteiger partial charge is 0.255 e. The summed E-state index contributed by atoms with van der Waals surface area (Å²) in [7, 11) is 0. The minimum absolute atomic E-state index is 0.0777. The molecule has 1 amide bonds. The number of thiophene rings is 1. The number of nitrogens with one attached hydrogen (secondary N) is 1. The normalized spacial score (nSPS) is 14.2. The molecular formula is C26H19F3N6OS. The highest BCUT2D eigenvalue weighted by Gasteiger charge is 2.42. The van der Waals surface area contributed by atoms with Crippen LogP contribution < -0.4 is 11.1 Å². The summed E-state index contributed by atoms with van der Waals surface area (Å²) in [6.45, 7) is 3.45. The van der Waals surface area contributed by atoms with Crippen molar-refractivity contribution in [2.45, 2.75) is 25.7 Å². The van der Waals surface area contributed by atoms with Crippen LogP contribution in [0.5, 0.6) is 0 Å². The first-order chi connectivity index (χ1) is 17.6. The molecule has 0 radical (unpaired) electrons. The summed E-state index contributed by atoms with van der Waals surface area (Å²) < 4.78 is 44.4. The number of halogens is 3. The highest BCUT2D eigenvalue weighted by molar-refractivity contribution is 7.08. The quantitative estimate of drug-likeness (QED) is 0.311. The Morgan fingerprint density at radius 1 is 1.05 bits per heavy atom. The van der Waals surface area contributed by atoms with Gasteiger partial charge in [-0.3, -0.25) is 4.79 Å². The maximum atomic E-state index is 14.6. The molecule has 37 heavy (non-hydrogen) atoms. The van der Waals surface area contributed by atoms with E-state index < -0.39 is 28.4 Å². The molecule has 0 saturated heterocycles. The second kappa shape index (κ2) is 8.13. The van der Waals surface area contributed by atoms with Crippen LogP contribution in [0.1, 0.15) is 30.7 Å². The number of hydrogen-bond acceptors (Lipinski definition) is 6. The number of nitrogens with two attached hydrogens (primary N) is 1. The summed E-state index contributed by atoms with van der Waals surface area (Å²) in [5.41, 5.74) is 8.08. The molecule has 7 nitrogen and oxygen atoms in total. The number of benzene rings is 2. The topological polar surface area (TPSA) is 98.7 Å². The highest BCUT2D eigenvalue weighted by atomic mass is 32.1. The summed E-state index contributed by atoms with van der Waals surface area (Å²) in [6, 6.07) is 9.13. The predicted molar refractivity (Wildman–Crippen MR) is 135 cm³/mol. The maximum absolute atomic E-state index is 14.6. The van der Waals surface area contributed by atoms with E-state index in [0.717, 1.165) is 23.3 Å². The first-order valence-corrected chi connectivity index (χ1v) is 12.3. The summed E-state index contributed by atoms with van der Waals surface area (Å²) in [6.07, 6.45) is -0.309. The van der Waals surface area contributed by atoms with Crippen molar-refractivity contribution in [2.75, 3.05) is 11.1 Å². The molecule has 186 valence electrons. The second-order valence-corrected chi connectivity index (χ2v) is 10.1. The molecule has 0 bridgehead atoms. The molecular weight excluding hydrogens is 501 g/mol. The summed E-state index contributed by atoms with van der Waals surface area (Å²) >= 11 is 1.54. The minimum Gasteiger partial charge on any atom is -0.383 e. The number of nitrogens with zero attached hydrogens (tertiary/aromatic N) is 4. The number of amides is 1. The Labute approximate surface area is 212 Å². The van der Waals surface area contributed by atoms with Gasteiger partial charge in [-0.15, -0.1) is 0 Å². The van der Waals surface area contributed by atoms with Gasteiger partial charge < -0.3 is 11.1 Å². The van der Waals surface area contributed by atoms with Crippen LogP contribution in [0.2, 0.25) is 0 Å². The summed E-state index contributed by atoms with van der Waals surface area (Å²) in [4.78, 5) is 21.4. The van der Waals surface area contributed by atoms with Gasteiger partial charge in [0, 0.05) is 17.4 Å². The fourth-order valence-corrected chi connectivity index (χ4v) is 5.28. The zero-order chi connectivity index (χ0) is 26.1. The number of fused-ring (bicyclic) bond motifs is 2. The molecule has 0 atom stereocenters. The average Bonchev–Trinajstić information content (AvgIpc) is 3.57. The van der Waals surface area contributed by atoms with Crippen LogP contribution >= 0.6 is 11.3 Å². The molecule has 0 aliphatic carbocycles. The lowest BCUT2D eigenvalue weighted by Gasteiger charge is -2.16. The van der Waals surface area contributed by atoms with Crippen molar-refractivity contribution in [3.05, 3.63) is 81.4 Å². The molecule has 2 aromatic carbocycles. The van der Waals surface area contributed by atoms with Gasteiger partial charge in [0.15, 0.2) is 11.6 Å². The van der Waals surface area contributed by atoms with Crippen LogP contribution in [0, 0.1) is 17.5 Å². The third-order valence-electron chi connectivity index (χ3n) is 6.63. The molecule has 0 spiro atoms. The number of nitrogen functional groups attached to an aromatic ring is 1. The molecule has 0 unspecified atom stereocenters. The van der Waals surface area contributed by atoms with Gasteiger partial charge in [0.1, 0.15) is 17.5 Å². The monoisotopic (exact) mass is 520 g/mol. The Hall–Kier alpha value is -4.25. The summed E-state index contributed by atoms with van der Waals surface area (Å²) in [5.74, 6) is -3.08. The highest BCUT2D eigenvalue weighted by Crippen LogP contribution is 2.40. The summed E-state index contributed by atoms with van der Waals surface area (Å²) in [5, 5.41) is 11.8. The molecule has 3 aromatic heterocycles. The Morgan fingerprint density at radius 3 is 2.59 bits per heavy atom. The number of aromatic nitrogens is 4. The third kappa shape index (κ3) is 3.57. The molecule has 1 aliphatic rings. The van der Waals surface area contributed by atoms with Gasteiger partial charge in [0.05, 0.1) is 22.2 Å². The van der Waals surface area contributed by atoms with Crippen molar-refractivity contribution in [3.8, 4) is 17.1 Å². The molecule has 3 N–H and O–H groups in total. The van der Waals surface area contributed by atoms with Crippen molar-refractivity contribution >= 4 is 39.8 Å². The van der Waals surface area contributed by atoms with Crippen molar-refractivity contribution in [1.82, 2.24) is 19.7 Å². The third-order valence-corrected chi connectivity index (χ3v) is 7.32. The largest absolute Gasteiger partial charge is 0.383 e. The van der Waals surface area contributed by atoms with Crippen LogP contribution in [-0.2, 0) is 16.6 Å². The van der Waals surface area contributed by atoms with Crippen molar-refractivity contribution < 1.29 is 18.0 Å². The number of carbonyl (C=O) groups excluding carboxylic acids is 1. The molecule has 11 heteroatoms. The maximum Gasteiger partial charge on any atom is 0.255 e. The lowest BCUT2D eigenvalue weighted by molar-refractivity contribution is -0.119. The first kappa shape index (κ1) is 23.2. The van der Waals surface area contributed by atoms with Crippen LogP contribution in [-0.4, -0.2) is 25.7 Å². The fourth-order valence-electron chi connectivity index (χ4n) is 4.61. The Kier molecular flexibility index (Phi) is 5.09. The van der Waals surface area contributed by atoms with E-state index in [1.165, 1.54) is 16.0 Å². The van der Waals surface area contributed by atoms with E-state index >= 15 is 0 Å². The first-order valence-electron chi connectivity index (χ1n) is 11.3. The van der Waals surface area contributed by atoms with E-state index in [4.69, 9.17) is 5.73 Å². The van der Waals surface area contributed by atoms with Crippen LogP contribution in [0.4, 0.5) is 24.8 Å². The number of hydrogen-bond donors (Lipinski definition) is 2. The standard InChI is InChI=1S/C26H19F3N6OS/c1-26(2)20-22(30)31-25(33-23(20)32-24(26)36)35-19-6-3-12(13-7-8-37-11-13)9-15(19)18(34-35)10-14-16(27)4-5-17(28)21(14)29/h3-9,11H,10H2,1-2H3,(H3,30,31,32,33,36). The number of carbonyl (C=O) groups is 1. The Bertz CT molecular complexity index is 1730. The molecule has 1 aliphatic heterocycles. The zero-order valence-corrected chi connectivity index (χ0v) is 20.5. The predicted octanol–water partition coefficient (Wildman–Crippen LogP) is 5.36. The van der Waals surface area contributed by atoms with E-state index in [-0.39, 0.29) is 29.9 Å². The van der Waals surface area contributed by atoms with Crippen LogP contribution in [0.15, 0.2) is 47.2 Å². The fraction of sp³-hybridized carbons (Fsp3) is 0.154. The molecule has 6 rings (SSSR count). The van der Waals surface area contributed by atoms with Gasteiger partial charge in [0.25, 0.3) is 5.95 Å². The number of rotatable bonds is 4. The zero-order valence-electron chi connectivity index (χ0n) is 19.6. The van der Waals surface area contributed by atoms with Crippen molar-refractivity contribution in [1.29, 1.82) is 0 Å². The van der Waals surface area contributed by atoms with Gasteiger partial charge in [-0.2, -0.15) is 31.1 Å². The van der Waals surface area contributed by atoms with Crippen LogP contribution in [0.25, 0.3) is 28.0 Å². The van der Waals surface area contributed by atoms with Crippen molar-refractivity contribution in [2.24, 2.45) is 0 Å². The number of anilines is 2. The lowest BCUT2D eigenvalue weighted by Crippen LogP contribution is -2.27. The molecule has 0 saturated carbocycles. The van der Waals surface area contributed by atoms with Crippen LogP contribution in [0.3, 0.4) is 0 Å². The molecule has 5 aromatic rings. The SMILES string of the molecule is CC1(C)C(=O)Nc2nc(-n3nc(Cc4c(F)ccc(F)c4F)c4cc(-c5ccsc5)ccc43)nc(N)c21. The van der Waals surface area contributed by atoms with Crippen molar-refractivity contribution in [3.63, 3.8) is 0 Å². The van der Waals surface area contributed by atoms with Gasteiger partial charge in [-0.25, -0.2) is 13.2 Å². The van der Waals surface area contributed by atoms with Gasteiger partial charge in [0.2, 0.25) is 5.91 Å². The Balaban J connectivity index is 1.56. The minimum atomic E-state index is -1.26. The van der Waals surface area contributed by atoms with E-state index in [1.807, 2.05) is 29.0 Å². The van der Waals surface area contributed by atoms with E-state index in [0.29, 0.717) is 22.2 Å². The molecule has 4 heterocycles. The second-order valence-electron chi connectivity index (χ2n) is 9.31. The van der Waals surface area contributed by atoms with Gasteiger partial charge in [-0.05, 0) is 66.1 Å². The van der Waals surface area contributed by atoms with E-state index in [1.54, 1.807) is 19.9 Å². The van der Waals surface area contributed by atoms with Gasteiger partial charge >= 0.3 is 0 Å². The van der Waals surface area contributed by atoms with E-state index in [9.17, 15) is 18.0 Å². The average molecular weight is 521 g/mol. The van der Waals surface area contributed by atoms with Gasteiger partial charge in [-0.1, -0.05) is 6.07 Å².